The number of fused-ring (bicyclic) bond motifs is 5. The van der Waals surface area contributed by atoms with Crippen molar-refractivity contribution in [2.45, 2.75) is 71.8 Å². The molecule has 4 aliphatic rings. The molecular weight excluding hydrogens is 496 g/mol. The van der Waals surface area contributed by atoms with Crippen molar-refractivity contribution in [1.29, 1.82) is 0 Å². The number of imide groups is 1. The minimum Gasteiger partial charge on any atom is -0.349 e. The zero-order chi connectivity index (χ0) is 25.4. The maximum atomic E-state index is 14.0. The molecule has 3 saturated carbocycles. The SMILES string of the molecule is CCSNC(=O)N(CCCN(C)C)C(=O)C1CC[C@H]2[C@@H]3CCC4NC(=O)C=C[C@]4(C)[C@@H]3CC[C@]12C.Cl. The Morgan fingerprint density at radius 2 is 1.86 bits per heavy atom. The fraction of sp³-hybridized carbons (Fsp3) is 0.815. The zero-order valence-electron chi connectivity index (χ0n) is 22.5. The van der Waals surface area contributed by atoms with E-state index in [1.807, 2.05) is 21.0 Å². The molecule has 3 aliphatic carbocycles. The van der Waals surface area contributed by atoms with Gasteiger partial charge in [0.2, 0.25) is 11.8 Å². The van der Waals surface area contributed by atoms with Crippen molar-refractivity contribution in [3.63, 3.8) is 0 Å². The minimum atomic E-state index is -0.266. The van der Waals surface area contributed by atoms with E-state index in [0.717, 1.165) is 57.2 Å². The van der Waals surface area contributed by atoms with E-state index in [1.165, 1.54) is 16.8 Å². The van der Waals surface area contributed by atoms with E-state index >= 15 is 0 Å². The fourth-order valence-corrected chi connectivity index (χ4v) is 8.35. The van der Waals surface area contributed by atoms with Gasteiger partial charge in [0.25, 0.3) is 0 Å². The highest BCUT2D eigenvalue weighted by Gasteiger charge is 2.61. The normalized spacial score (nSPS) is 36.7. The number of carbonyl (C=O) groups excluding carboxylic acids is 3. The van der Waals surface area contributed by atoms with Crippen LogP contribution in [0.5, 0.6) is 0 Å². The van der Waals surface area contributed by atoms with Crippen LogP contribution in [-0.4, -0.2) is 66.6 Å². The zero-order valence-corrected chi connectivity index (χ0v) is 24.2. The van der Waals surface area contributed by atoms with Crippen LogP contribution in [0.3, 0.4) is 0 Å². The van der Waals surface area contributed by atoms with Crippen molar-refractivity contribution in [1.82, 2.24) is 19.8 Å². The quantitative estimate of drug-likeness (QED) is 0.465. The smallest absolute Gasteiger partial charge is 0.334 e. The van der Waals surface area contributed by atoms with E-state index < -0.39 is 0 Å². The number of nitrogens with one attached hydrogen (secondary N) is 2. The highest BCUT2D eigenvalue weighted by atomic mass is 35.5. The van der Waals surface area contributed by atoms with Gasteiger partial charge in [-0.25, -0.2) is 4.79 Å². The molecule has 204 valence electrons. The van der Waals surface area contributed by atoms with Crippen LogP contribution in [0.15, 0.2) is 12.2 Å². The van der Waals surface area contributed by atoms with Gasteiger partial charge >= 0.3 is 6.03 Å². The molecule has 1 aliphatic heterocycles. The third kappa shape index (κ3) is 5.32. The second kappa shape index (κ2) is 11.6. The lowest BCUT2D eigenvalue weighted by Crippen LogP contribution is -2.59. The van der Waals surface area contributed by atoms with Crippen LogP contribution >= 0.6 is 24.4 Å². The summed E-state index contributed by atoms with van der Waals surface area (Å²) in [5, 5.41) is 3.22. The number of hydrogen-bond donors (Lipinski definition) is 2. The van der Waals surface area contributed by atoms with Crippen LogP contribution < -0.4 is 10.0 Å². The van der Waals surface area contributed by atoms with Gasteiger partial charge in [0.15, 0.2) is 0 Å². The lowest BCUT2D eigenvalue weighted by atomic mass is 9.48. The molecule has 36 heavy (non-hydrogen) atoms. The largest absolute Gasteiger partial charge is 0.349 e. The Kier molecular flexibility index (Phi) is 9.48. The Hall–Kier alpha value is -1.25. The molecule has 0 radical (unpaired) electrons. The molecular formula is C27H45ClN4O3S. The Morgan fingerprint density at radius 1 is 1.11 bits per heavy atom. The summed E-state index contributed by atoms with van der Waals surface area (Å²) in [7, 11) is 4.03. The first-order valence-electron chi connectivity index (χ1n) is 13.5. The molecule has 3 fully saturated rings. The maximum absolute atomic E-state index is 14.0. The molecule has 0 bridgehead atoms. The molecule has 9 heteroatoms. The number of rotatable bonds is 7. The van der Waals surface area contributed by atoms with E-state index in [4.69, 9.17) is 0 Å². The van der Waals surface area contributed by atoms with Crippen molar-refractivity contribution in [2.75, 3.05) is 32.9 Å². The summed E-state index contributed by atoms with van der Waals surface area (Å²) in [6, 6.07) is -0.0474. The van der Waals surface area contributed by atoms with Gasteiger partial charge in [0.05, 0.1) is 0 Å². The third-order valence-corrected chi connectivity index (χ3v) is 10.4. The lowest BCUT2D eigenvalue weighted by molar-refractivity contribution is -0.141. The van der Waals surface area contributed by atoms with Crippen LogP contribution in [0.25, 0.3) is 0 Å². The Labute approximate surface area is 227 Å². The number of halogens is 1. The van der Waals surface area contributed by atoms with Crippen LogP contribution in [0.1, 0.15) is 65.7 Å². The van der Waals surface area contributed by atoms with Gasteiger partial charge in [-0.1, -0.05) is 26.8 Å². The second-order valence-electron chi connectivity index (χ2n) is 11.9. The van der Waals surface area contributed by atoms with Crippen molar-refractivity contribution in [2.24, 2.45) is 34.5 Å². The summed E-state index contributed by atoms with van der Waals surface area (Å²) in [6.07, 6.45) is 10.8. The van der Waals surface area contributed by atoms with E-state index in [2.05, 4.69) is 34.9 Å². The number of urea groups is 1. The highest BCUT2D eigenvalue weighted by molar-refractivity contribution is 7.97. The van der Waals surface area contributed by atoms with Crippen LogP contribution in [0, 0.1) is 34.5 Å². The first-order valence-corrected chi connectivity index (χ1v) is 14.5. The molecule has 2 unspecified atom stereocenters. The van der Waals surface area contributed by atoms with E-state index in [0.29, 0.717) is 24.3 Å². The molecule has 0 aromatic carbocycles. The summed E-state index contributed by atoms with van der Waals surface area (Å²) in [6.45, 7) is 7.95. The van der Waals surface area contributed by atoms with Crippen molar-refractivity contribution >= 4 is 42.2 Å². The Balaban J connectivity index is 0.00000361. The molecule has 0 aromatic heterocycles. The second-order valence-corrected chi connectivity index (χ2v) is 12.9. The summed E-state index contributed by atoms with van der Waals surface area (Å²) in [5.74, 6) is 2.32. The molecule has 7 nitrogen and oxygen atoms in total. The summed E-state index contributed by atoms with van der Waals surface area (Å²) < 4.78 is 2.87. The van der Waals surface area contributed by atoms with E-state index in [-0.39, 0.29) is 53.0 Å². The first-order chi connectivity index (χ1) is 16.6. The molecule has 0 saturated heterocycles. The average molecular weight is 541 g/mol. The third-order valence-electron chi connectivity index (χ3n) is 9.79. The minimum absolute atomic E-state index is 0. The monoisotopic (exact) mass is 540 g/mol. The van der Waals surface area contributed by atoms with Gasteiger partial charge in [-0.05, 0) is 107 Å². The van der Waals surface area contributed by atoms with Gasteiger partial charge in [-0.3, -0.25) is 19.2 Å². The molecule has 4 rings (SSSR count). The van der Waals surface area contributed by atoms with Crippen LogP contribution in [0.4, 0.5) is 4.79 Å². The molecule has 4 amide bonds. The summed E-state index contributed by atoms with van der Waals surface area (Å²) >= 11 is 1.35. The van der Waals surface area contributed by atoms with Crippen LogP contribution in [-0.2, 0) is 9.59 Å². The van der Waals surface area contributed by atoms with E-state index in [1.54, 1.807) is 6.08 Å². The summed E-state index contributed by atoms with van der Waals surface area (Å²) in [4.78, 5) is 42.6. The fourth-order valence-electron chi connectivity index (χ4n) is 7.97. The predicted octanol–water partition coefficient (Wildman–Crippen LogP) is 4.48. The average Bonchev–Trinajstić information content (AvgIpc) is 3.17. The topological polar surface area (TPSA) is 81.8 Å². The van der Waals surface area contributed by atoms with Gasteiger partial charge in [0, 0.05) is 29.7 Å². The number of amides is 4. The van der Waals surface area contributed by atoms with Crippen molar-refractivity contribution < 1.29 is 14.4 Å². The number of hydrogen-bond acceptors (Lipinski definition) is 5. The summed E-state index contributed by atoms with van der Waals surface area (Å²) in [5.41, 5.74) is -0.0726. The highest BCUT2D eigenvalue weighted by Crippen LogP contribution is 2.65. The van der Waals surface area contributed by atoms with Gasteiger partial charge in [0.1, 0.15) is 0 Å². The standard InChI is InChI=1S/C27H44N4O3S.ClH/c1-6-35-29-25(34)31(17-7-16-30(4)5)24(33)21-10-9-19-18-8-11-22-27(3,15-13-23(32)28-22)20(18)12-14-26(19,21)2;/h13,15,18-22H,6-12,14,16-17H2,1-5H3,(H,28,32)(H,29,34);1H/t18-,19-,20+,21?,22?,26-,27+;/m0./s1. The Bertz CT molecular complexity index is 870. The van der Waals surface area contributed by atoms with Crippen molar-refractivity contribution in [3.05, 3.63) is 12.2 Å². The molecule has 7 atom stereocenters. The van der Waals surface area contributed by atoms with Crippen molar-refractivity contribution in [3.8, 4) is 0 Å². The first kappa shape index (κ1) is 29.3. The number of nitrogens with zero attached hydrogens (tertiary/aromatic N) is 2. The van der Waals surface area contributed by atoms with Gasteiger partial charge < -0.3 is 10.2 Å². The Morgan fingerprint density at radius 3 is 2.56 bits per heavy atom. The van der Waals surface area contributed by atoms with Crippen LogP contribution in [0.2, 0.25) is 0 Å². The molecule has 0 spiro atoms. The molecule has 1 heterocycles. The molecule has 0 aromatic rings. The number of carbonyl (C=O) groups is 3. The van der Waals surface area contributed by atoms with E-state index in [9.17, 15) is 14.4 Å². The predicted molar refractivity (Wildman–Crippen MR) is 148 cm³/mol. The lowest BCUT2D eigenvalue weighted by Gasteiger charge is -2.58. The molecule has 2 N–H and O–H groups in total. The van der Waals surface area contributed by atoms with Gasteiger partial charge in [-0.15, -0.1) is 12.4 Å². The maximum Gasteiger partial charge on any atom is 0.334 e. The van der Waals surface area contributed by atoms with Gasteiger partial charge in [-0.2, -0.15) is 0 Å².